The first-order valence-electron chi connectivity index (χ1n) is 7.40. The monoisotopic (exact) mass is 273 g/mol. The Balaban J connectivity index is 2.34. The molecule has 108 valence electrons. The zero-order chi connectivity index (χ0) is 14.4. The molecule has 0 amide bonds. The molecule has 0 radical (unpaired) electrons. The van der Waals surface area contributed by atoms with Crippen LogP contribution in [0.4, 0.5) is 5.82 Å². The molecule has 2 rings (SSSR count). The molecule has 0 fully saturated rings. The summed E-state index contributed by atoms with van der Waals surface area (Å²) in [7, 11) is 0. The first-order valence-corrected chi connectivity index (χ1v) is 7.40. The predicted molar refractivity (Wildman–Crippen MR) is 81.7 cm³/mol. The summed E-state index contributed by atoms with van der Waals surface area (Å²) in [6, 6.07) is 0. The number of hydrogen-bond donors (Lipinski definition) is 1. The summed E-state index contributed by atoms with van der Waals surface area (Å²) < 4.78 is 1.97. The van der Waals surface area contributed by atoms with Crippen LogP contribution in [0, 0.1) is 0 Å². The Labute approximate surface area is 120 Å². The topological polar surface area (TPSA) is 55.6 Å². The van der Waals surface area contributed by atoms with Crippen molar-refractivity contribution >= 4 is 5.82 Å². The van der Waals surface area contributed by atoms with Gasteiger partial charge in [0.25, 0.3) is 0 Å². The second kappa shape index (κ2) is 7.03. The van der Waals surface area contributed by atoms with Crippen LogP contribution in [0.3, 0.4) is 0 Å². The number of aryl methyl sites for hydroxylation is 1. The molecule has 0 aromatic carbocycles. The van der Waals surface area contributed by atoms with E-state index in [-0.39, 0.29) is 0 Å². The quantitative estimate of drug-likeness (QED) is 0.842. The van der Waals surface area contributed by atoms with E-state index in [1.54, 1.807) is 6.33 Å². The van der Waals surface area contributed by atoms with Crippen molar-refractivity contribution in [1.29, 1.82) is 0 Å². The van der Waals surface area contributed by atoms with E-state index < -0.39 is 0 Å². The molecule has 0 saturated heterocycles. The fraction of sp³-hybridized carbons (Fsp3) is 0.533. The summed E-state index contributed by atoms with van der Waals surface area (Å²) in [6.07, 6.45) is 8.64. The lowest BCUT2D eigenvalue weighted by Crippen LogP contribution is -2.07. The molecule has 0 aliphatic rings. The minimum absolute atomic E-state index is 0.904. The van der Waals surface area contributed by atoms with Crippen LogP contribution in [0.1, 0.15) is 39.2 Å². The van der Waals surface area contributed by atoms with E-state index in [2.05, 4.69) is 47.4 Å². The van der Waals surface area contributed by atoms with Gasteiger partial charge in [-0.05, 0) is 19.3 Å². The summed E-state index contributed by atoms with van der Waals surface area (Å²) in [6.45, 7) is 8.30. The zero-order valence-electron chi connectivity index (χ0n) is 12.6. The number of rotatable bonds is 7. The van der Waals surface area contributed by atoms with Gasteiger partial charge in [-0.25, -0.2) is 9.97 Å². The molecule has 5 nitrogen and oxygen atoms in total. The van der Waals surface area contributed by atoms with Gasteiger partial charge in [-0.15, -0.1) is 0 Å². The molecule has 20 heavy (non-hydrogen) atoms. The third-order valence-corrected chi connectivity index (χ3v) is 3.20. The lowest BCUT2D eigenvalue weighted by Gasteiger charge is -2.11. The van der Waals surface area contributed by atoms with Crippen LogP contribution in [-0.4, -0.2) is 26.3 Å². The van der Waals surface area contributed by atoms with Gasteiger partial charge in [-0.3, -0.25) is 4.68 Å². The van der Waals surface area contributed by atoms with Crippen molar-refractivity contribution < 1.29 is 0 Å². The summed E-state index contributed by atoms with van der Waals surface area (Å²) >= 11 is 0. The number of aromatic nitrogens is 4. The van der Waals surface area contributed by atoms with Gasteiger partial charge in [0, 0.05) is 30.4 Å². The fourth-order valence-corrected chi connectivity index (χ4v) is 2.23. The van der Waals surface area contributed by atoms with Crippen LogP contribution >= 0.6 is 0 Å². The van der Waals surface area contributed by atoms with Gasteiger partial charge in [0.2, 0.25) is 0 Å². The van der Waals surface area contributed by atoms with Crippen molar-refractivity contribution in [3.63, 3.8) is 0 Å². The first kappa shape index (κ1) is 14.5. The lowest BCUT2D eigenvalue weighted by atomic mass is 10.1. The van der Waals surface area contributed by atoms with Crippen molar-refractivity contribution in [3.05, 3.63) is 24.3 Å². The number of hydrogen-bond acceptors (Lipinski definition) is 4. The van der Waals surface area contributed by atoms with Crippen LogP contribution < -0.4 is 5.32 Å². The average Bonchev–Trinajstić information content (AvgIpc) is 2.93. The maximum atomic E-state index is 4.46. The van der Waals surface area contributed by atoms with Gasteiger partial charge >= 0.3 is 0 Å². The largest absolute Gasteiger partial charge is 0.370 e. The van der Waals surface area contributed by atoms with Crippen molar-refractivity contribution in [2.75, 3.05) is 11.9 Å². The molecule has 0 atom stereocenters. The molecule has 5 heteroatoms. The highest BCUT2D eigenvalue weighted by Crippen LogP contribution is 2.25. The smallest absolute Gasteiger partial charge is 0.133 e. The molecular formula is C15H23N5. The van der Waals surface area contributed by atoms with Crippen molar-refractivity contribution in [1.82, 2.24) is 19.7 Å². The van der Waals surface area contributed by atoms with E-state index in [0.717, 1.165) is 55.0 Å². The number of nitrogens with one attached hydrogen (secondary N) is 1. The van der Waals surface area contributed by atoms with Crippen molar-refractivity contribution in [2.45, 2.75) is 46.6 Å². The van der Waals surface area contributed by atoms with Gasteiger partial charge in [0.1, 0.15) is 12.1 Å². The summed E-state index contributed by atoms with van der Waals surface area (Å²) in [5.41, 5.74) is 3.22. The Morgan fingerprint density at radius 2 is 2.00 bits per heavy atom. The third-order valence-electron chi connectivity index (χ3n) is 3.20. The summed E-state index contributed by atoms with van der Waals surface area (Å²) in [5, 5.41) is 7.76. The third kappa shape index (κ3) is 3.15. The van der Waals surface area contributed by atoms with Crippen molar-refractivity contribution in [3.8, 4) is 11.3 Å². The minimum Gasteiger partial charge on any atom is -0.370 e. The molecule has 0 aliphatic carbocycles. The first-order chi connectivity index (χ1) is 9.80. The average molecular weight is 273 g/mol. The lowest BCUT2D eigenvalue weighted by molar-refractivity contribution is 0.603. The second-order valence-electron chi connectivity index (χ2n) is 4.82. The van der Waals surface area contributed by atoms with E-state index in [4.69, 9.17) is 0 Å². The van der Waals surface area contributed by atoms with E-state index >= 15 is 0 Å². The molecular weight excluding hydrogens is 250 g/mol. The Morgan fingerprint density at radius 1 is 1.15 bits per heavy atom. The normalized spacial score (nSPS) is 10.8. The Kier molecular flexibility index (Phi) is 5.09. The Hall–Kier alpha value is -1.91. The maximum absolute atomic E-state index is 4.46. The predicted octanol–water partition coefficient (Wildman–Crippen LogP) is 3.13. The fourth-order valence-electron chi connectivity index (χ4n) is 2.23. The minimum atomic E-state index is 0.904. The molecule has 1 N–H and O–H groups in total. The van der Waals surface area contributed by atoms with Gasteiger partial charge in [-0.1, -0.05) is 20.8 Å². The molecule has 0 bridgehead atoms. The standard InChI is InChI=1S/C15H23N5/c1-4-7-16-15-13(6-3)14(17-11-18-15)12-9-19-20(10-12)8-5-2/h9-11H,4-8H2,1-3H3,(H,16,17,18). The number of anilines is 1. The van der Waals surface area contributed by atoms with Gasteiger partial charge in [-0.2, -0.15) is 5.10 Å². The van der Waals surface area contributed by atoms with Crippen LogP contribution in [0.5, 0.6) is 0 Å². The highest BCUT2D eigenvalue weighted by atomic mass is 15.3. The highest BCUT2D eigenvalue weighted by Gasteiger charge is 2.12. The van der Waals surface area contributed by atoms with Crippen LogP contribution in [-0.2, 0) is 13.0 Å². The molecule has 0 aliphatic heterocycles. The molecule has 0 unspecified atom stereocenters. The highest BCUT2D eigenvalue weighted by molar-refractivity contribution is 5.67. The molecule has 2 aromatic heterocycles. The van der Waals surface area contributed by atoms with E-state index in [1.165, 1.54) is 0 Å². The van der Waals surface area contributed by atoms with Crippen LogP contribution in [0.15, 0.2) is 18.7 Å². The molecule has 2 aromatic rings. The SMILES string of the molecule is CCCNc1ncnc(-c2cnn(CCC)c2)c1CC. The van der Waals surface area contributed by atoms with Gasteiger partial charge in [0.05, 0.1) is 11.9 Å². The maximum Gasteiger partial charge on any atom is 0.133 e. The number of nitrogens with zero attached hydrogens (tertiary/aromatic N) is 4. The second-order valence-corrected chi connectivity index (χ2v) is 4.82. The van der Waals surface area contributed by atoms with Gasteiger partial charge < -0.3 is 5.32 Å². The Bertz CT molecular complexity index is 547. The van der Waals surface area contributed by atoms with E-state index in [9.17, 15) is 0 Å². The van der Waals surface area contributed by atoms with E-state index in [0.29, 0.717) is 0 Å². The van der Waals surface area contributed by atoms with Crippen LogP contribution in [0.25, 0.3) is 11.3 Å². The molecule has 0 saturated carbocycles. The zero-order valence-corrected chi connectivity index (χ0v) is 12.6. The van der Waals surface area contributed by atoms with E-state index in [1.807, 2.05) is 10.9 Å². The van der Waals surface area contributed by atoms with Crippen molar-refractivity contribution in [2.24, 2.45) is 0 Å². The molecule has 0 spiro atoms. The summed E-state index contributed by atoms with van der Waals surface area (Å²) in [5.74, 6) is 0.947. The van der Waals surface area contributed by atoms with Gasteiger partial charge in [0.15, 0.2) is 0 Å². The molecule has 2 heterocycles. The Morgan fingerprint density at radius 3 is 2.70 bits per heavy atom. The summed E-state index contributed by atoms with van der Waals surface area (Å²) in [4.78, 5) is 8.82. The van der Waals surface area contributed by atoms with Crippen LogP contribution in [0.2, 0.25) is 0 Å².